The molecule has 30 heavy (non-hydrogen) atoms. The molecular formula is C24H28N2O4. The first kappa shape index (κ1) is 20.3. The quantitative estimate of drug-likeness (QED) is 0.818. The molecule has 2 heterocycles. The minimum Gasteiger partial charge on any atom is -0.490 e. The van der Waals surface area contributed by atoms with Crippen LogP contribution in [-0.2, 0) is 9.59 Å². The maximum absolute atomic E-state index is 13.4. The summed E-state index contributed by atoms with van der Waals surface area (Å²) < 4.78 is 11.5. The normalized spacial score (nSPS) is 18.3. The smallest absolute Gasteiger partial charge is 0.247 e. The Balaban J connectivity index is 1.55. The number of amides is 2. The van der Waals surface area contributed by atoms with E-state index >= 15 is 0 Å². The van der Waals surface area contributed by atoms with Crippen LogP contribution in [0.1, 0.15) is 55.8 Å². The molecule has 2 amide bonds. The monoisotopic (exact) mass is 408 g/mol. The first-order valence-corrected chi connectivity index (χ1v) is 10.7. The molecule has 2 aliphatic heterocycles. The van der Waals surface area contributed by atoms with Gasteiger partial charge in [-0.2, -0.15) is 0 Å². The highest BCUT2D eigenvalue weighted by molar-refractivity contribution is 5.89. The Morgan fingerprint density at radius 2 is 1.73 bits per heavy atom. The van der Waals surface area contributed by atoms with Gasteiger partial charge in [-0.25, -0.2) is 0 Å². The number of ether oxygens (including phenoxy) is 2. The Morgan fingerprint density at radius 3 is 2.50 bits per heavy atom. The van der Waals surface area contributed by atoms with Gasteiger partial charge < -0.3 is 19.7 Å². The topological polar surface area (TPSA) is 67.9 Å². The van der Waals surface area contributed by atoms with Gasteiger partial charge in [0.15, 0.2) is 11.5 Å². The van der Waals surface area contributed by atoms with E-state index in [0.717, 1.165) is 36.1 Å². The average Bonchev–Trinajstić information content (AvgIpc) is 3.01. The lowest BCUT2D eigenvalue weighted by Gasteiger charge is -2.34. The zero-order valence-corrected chi connectivity index (χ0v) is 17.3. The molecule has 0 bridgehead atoms. The summed E-state index contributed by atoms with van der Waals surface area (Å²) in [4.78, 5) is 27.6. The number of carbonyl (C=O) groups is 2. The largest absolute Gasteiger partial charge is 0.490 e. The van der Waals surface area contributed by atoms with Crippen LogP contribution in [0.4, 0.5) is 0 Å². The molecule has 6 nitrogen and oxygen atoms in total. The zero-order valence-electron chi connectivity index (χ0n) is 17.3. The van der Waals surface area contributed by atoms with Gasteiger partial charge >= 0.3 is 0 Å². The summed E-state index contributed by atoms with van der Waals surface area (Å²) in [7, 11) is 0. The molecule has 1 saturated heterocycles. The van der Waals surface area contributed by atoms with E-state index in [2.05, 4.69) is 5.32 Å². The van der Waals surface area contributed by atoms with Crippen molar-refractivity contribution >= 4 is 11.8 Å². The maximum atomic E-state index is 13.4. The van der Waals surface area contributed by atoms with Crippen molar-refractivity contribution in [2.24, 2.45) is 0 Å². The molecule has 0 spiro atoms. The molecule has 158 valence electrons. The third kappa shape index (κ3) is 4.42. The van der Waals surface area contributed by atoms with E-state index in [1.807, 2.05) is 55.5 Å². The standard InChI is InChI=1S/C24H28N2O4/c1-17(19-11-12-20-21(16-19)30-15-7-14-29-20)25-24(28)23(18-8-3-2-4-9-18)26-13-6-5-10-22(26)27/h2-4,8-9,11-12,16-17,23H,5-7,10,13-15H2,1H3,(H,25,28). The number of nitrogens with zero attached hydrogens (tertiary/aromatic N) is 1. The number of nitrogens with one attached hydrogen (secondary N) is 1. The Kier molecular flexibility index (Phi) is 6.21. The number of fused-ring (bicyclic) bond motifs is 1. The zero-order chi connectivity index (χ0) is 20.9. The molecule has 2 aliphatic rings. The number of piperidine rings is 1. The highest BCUT2D eigenvalue weighted by Gasteiger charge is 2.33. The second kappa shape index (κ2) is 9.20. The van der Waals surface area contributed by atoms with Crippen molar-refractivity contribution in [3.63, 3.8) is 0 Å². The highest BCUT2D eigenvalue weighted by atomic mass is 16.5. The second-order valence-corrected chi connectivity index (χ2v) is 7.84. The van der Waals surface area contributed by atoms with E-state index in [1.54, 1.807) is 4.90 Å². The van der Waals surface area contributed by atoms with Gasteiger partial charge in [0.2, 0.25) is 11.8 Å². The summed E-state index contributed by atoms with van der Waals surface area (Å²) in [6.45, 7) is 3.80. The van der Waals surface area contributed by atoms with Gasteiger partial charge in [0.1, 0.15) is 6.04 Å². The lowest BCUT2D eigenvalue weighted by molar-refractivity contribution is -0.143. The first-order chi connectivity index (χ1) is 14.6. The summed E-state index contributed by atoms with van der Waals surface area (Å²) in [5, 5.41) is 3.11. The lowest BCUT2D eigenvalue weighted by Crippen LogP contribution is -2.46. The van der Waals surface area contributed by atoms with Gasteiger partial charge in [-0.1, -0.05) is 36.4 Å². The summed E-state index contributed by atoms with van der Waals surface area (Å²) in [6.07, 6.45) is 3.14. The SMILES string of the molecule is CC(NC(=O)C(c1ccccc1)N1CCCCC1=O)c1ccc2c(c1)OCCCO2. The fourth-order valence-electron chi connectivity index (χ4n) is 4.03. The van der Waals surface area contributed by atoms with Crippen LogP contribution in [0.2, 0.25) is 0 Å². The van der Waals surface area contributed by atoms with Crippen LogP contribution in [0.15, 0.2) is 48.5 Å². The van der Waals surface area contributed by atoms with Crippen molar-refractivity contribution in [3.8, 4) is 11.5 Å². The molecule has 6 heteroatoms. The Labute approximate surface area is 177 Å². The van der Waals surface area contributed by atoms with Crippen molar-refractivity contribution in [1.29, 1.82) is 0 Å². The summed E-state index contributed by atoms with van der Waals surface area (Å²) in [5.74, 6) is 1.30. The average molecular weight is 408 g/mol. The molecule has 0 radical (unpaired) electrons. The summed E-state index contributed by atoms with van der Waals surface area (Å²) in [5.41, 5.74) is 1.76. The molecular weight excluding hydrogens is 380 g/mol. The predicted octanol–water partition coefficient (Wildman–Crippen LogP) is 3.78. The maximum Gasteiger partial charge on any atom is 0.247 e. The Hall–Kier alpha value is -3.02. The van der Waals surface area contributed by atoms with Crippen molar-refractivity contribution in [2.75, 3.05) is 19.8 Å². The number of rotatable bonds is 5. The van der Waals surface area contributed by atoms with Crippen LogP contribution in [0, 0.1) is 0 Å². The summed E-state index contributed by atoms with van der Waals surface area (Å²) >= 11 is 0. The van der Waals surface area contributed by atoms with Crippen molar-refractivity contribution in [2.45, 2.75) is 44.7 Å². The third-order valence-electron chi connectivity index (χ3n) is 5.67. The molecule has 0 aliphatic carbocycles. The van der Waals surface area contributed by atoms with Crippen LogP contribution in [-0.4, -0.2) is 36.5 Å². The molecule has 2 unspecified atom stereocenters. The van der Waals surface area contributed by atoms with Crippen molar-refractivity contribution < 1.29 is 19.1 Å². The predicted molar refractivity (Wildman–Crippen MR) is 113 cm³/mol. The first-order valence-electron chi connectivity index (χ1n) is 10.7. The Morgan fingerprint density at radius 1 is 0.967 bits per heavy atom. The van der Waals surface area contributed by atoms with Crippen molar-refractivity contribution in [1.82, 2.24) is 10.2 Å². The molecule has 0 saturated carbocycles. The number of benzene rings is 2. The fourth-order valence-corrected chi connectivity index (χ4v) is 4.03. The molecule has 2 aromatic rings. The molecule has 2 atom stereocenters. The molecule has 2 aromatic carbocycles. The van der Waals surface area contributed by atoms with E-state index in [4.69, 9.17) is 9.47 Å². The van der Waals surface area contributed by atoms with Gasteiger partial charge in [-0.05, 0) is 43.0 Å². The van der Waals surface area contributed by atoms with Crippen LogP contribution in [0.3, 0.4) is 0 Å². The number of hydrogen-bond acceptors (Lipinski definition) is 4. The van der Waals surface area contributed by atoms with Crippen LogP contribution < -0.4 is 14.8 Å². The molecule has 0 aromatic heterocycles. The van der Waals surface area contributed by atoms with E-state index in [0.29, 0.717) is 31.9 Å². The minimum absolute atomic E-state index is 0.0356. The fraction of sp³-hybridized carbons (Fsp3) is 0.417. The van der Waals surface area contributed by atoms with Gasteiger partial charge in [0.25, 0.3) is 0 Å². The van der Waals surface area contributed by atoms with Crippen LogP contribution >= 0.6 is 0 Å². The van der Waals surface area contributed by atoms with Gasteiger partial charge in [-0.15, -0.1) is 0 Å². The number of likely N-dealkylation sites (tertiary alicyclic amines) is 1. The number of carbonyl (C=O) groups excluding carboxylic acids is 2. The summed E-state index contributed by atoms with van der Waals surface area (Å²) in [6, 6.07) is 14.4. The van der Waals surface area contributed by atoms with E-state index in [-0.39, 0.29) is 17.9 Å². The van der Waals surface area contributed by atoms with Crippen LogP contribution in [0.5, 0.6) is 11.5 Å². The second-order valence-electron chi connectivity index (χ2n) is 7.84. The molecule has 1 fully saturated rings. The van der Waals surface area contributed by atoms with E-state index in [1.165, 1.54) is 0 Å². The third-order valence-corrected chi connectivity index (χ3v) is 5.67. The minimum atomic E-state index is -0.623. The van der Waals surface area contributed by atoms with Crippen LogP contribution in [0.25, 0.3) is 0 Å². The Bertz CT molecular complexity index is 899. The van der Waals surface area contributed by atoms with Gasteiger partial charge in [-0.3, -0.25) is 9.59 Å². The molecule has 1 N–H and O–H groups in total. The van der Waals surface area contributed by atoms with Gasteiger partial charge in [0, 0.05) is 19.4 Å². The van der Waals surface area contributed by atoms with E-state index in [9.17, 15) is 9.59 Å². The number of hydrogen-bond donors (Lipinski definition) is 1. The van der Waals surface area contributed by atoms with Gasteiger partial charge in [0.05, 0.1) is 19.3 Å². The van der Waals surface area contributed by atoms with E-state index < -0.39 is 6.04 Å². The van der Waals surface area contributed by atoms with Crippen molar-refractivity contribution in [3.05, 3.63) is 59.7 Å². The highest BCUT2D eigenvalue weighted by Crippen LogP contribution is 2.33. The molecule has 4 rings (SSSR count). The lowest BCUT2D eigenvalue weighted by atomic mass is 9.99.